The zero-order valence-electron chi connectivity index (χ0n) is 25.3. The molecule has 3 N–H and O–H groups in total. The van der Waals surface area contributed by atoms with Crippen molar-refractivity contribution in [2.24, 2.45) is 5.11 Å². The molecule has 2 aromatic rings. The molecular weight excluding hydrogens is 570 g/mol. The molecule has 2 aromatic carbocycles. The van der Waals surface area contributed by atoms with Crippen LogP contribution in [0.4, 0.5) is 0 Å². The molecular formula is C32H45N3O9. The number of hydrogen-bond acceptors (Lipinski definition) is 10. The fraction of sp³-hybridized carbons (Fsp3) is 0.625. The van der Waals surface area contributed by atoms with E-state index >= 15 is 0 Å². The zero-order chi connectivity index (χ0) is 31.3. The van der Waals surface area contributed by atoms with Crippen LogP contribution in [-0.4, -0.2) is 89.9 Å². The lowest BCUT2D eigenvalue weighted by Gasteiger charge is -2.47. The van der Waals surface area contributed by atoms with Gasteiger partial charge in [0.25, 0.3) is 0 Å². The average molecular weight is 616 g/mol. The number of aliphatic hydroxyl groups excluding tert-OH is 3. The van der Waals surface area contributed by atoms with Gasteiger partial charge >= 0.3 is 0 Å². The quantitative estimate of drug-likeness (QED) is 0.110. The van der Waals surface area contributed by atoms with Crippen LogP contribution >= 0.6 is 0 Å². The van der Waals surface area contributed by atoms with Gasteiger partial charge in [-0.25, -0.2) is 0 Å². The molecule has 12 heteroatoms. The summed E-state index contributed by atoms with van der Waals surface area (Å²) in [5.74, 6) is 0. The Morgan fingerprint density at radius 2 is 1.25 bits per heavy atom. The summed E-state index contributed by atoms with van der Waals surface area (Å²) in [7, 11) is 0. The number of hydrogen-bond donors (Lipinski definition) is 3. The second-order valence-corrected chi connectivity index (χ2v) is 11.3. The molecule has 0 radical (unpaired) electrons. The summed E-state index contributed by atoms with van der Waals surface area (Å²) in [5, 5.41) is 37.0. The molecule has 2 saturated heterocycles. The van der Waals surface area contributed by atoms with Crippen LogP contribution in [0.1, 0.15) is 50.7 Å². The fourth-order valence-corrected chi connectivity index (χ4v) is 5.39. The van der Waals surface area contributed by atoms with E-state index in [0.29, 0.717) is 19.8 Å². The molecule has 2 fully saturated rings. The number of unbranched alkanes of at least 4 members (excludes halogenated alkanes) is 3. The first kappa shape index (κ1) is 34.3. The van der Waals surface area contributed by atoms with E-state index in [-0.39, 0.29) is 6.61 Å². The van der Waals surface area contributed by atoms with Crippen LogP contribution in [0.3, 0.4) is 0 Å². The van der Waals surface area contributed by atoms with E-state index in [1.807, 2.05) is 67.6 Å². The van der Waals surface area contributed by atoms with E-state index in [9.17, 15) is 15.3 Å². The summed E-state index contributed by atoms with van der Waals surface area (Å²) in [5.41, 5.74) is 10.3. The van der Waals surface area contributed by atoms with Gasteiger partial charge in [0.15, 0.2) is 12.6 Å². The van der Waals surface area contributed by atoms with Crippen molar-refractivity contribution in [1.29, 1.82) is 0 Å². The van der Waals surface area contributed by atoms with Crippen molar-refractivity contribution < 1.29 is 43.7 Å². The monoisotopic (exact) mass is 615 g/mol. The maximum Gasteiger partial charge on any atom is 0.187 e. The molecule has 0 bridgehead atoms. The lowest BCUT2D eigenvalue weighted by Crippen LogP contribution is -2.64. The number of rotatable bonds is 16. The summed E-state index contributed by atoms with van der Waals surface area (Å²) >= 11 is 0. The van der Waals surface area contributed by atoms with Gasteiger partial charge in [0.1, 0.15) is 36.6 Å². The van der Waals surface area contributed by atoms with Crippen LogP contribution in [0.15, 0.2) is 65.8 Å². The zero-order valence-corrected chi connectivity index (χ0v) is 25.3. The molecule has 4 rings (SSSR count). The van der Waals surface area contributed by atoms with Gasteiger partial charge in [-0.1, -0.05) is 78.6 Å². The fourth-order valence-electron chi connectivity index (χ4n) is 5.39. The first-order chi connectivity index (χ1) is 21.4. The molecule has 10 atom stereocenters. The molecule has 242 valence electrons. The summed E-state index contributed by atoms with van der Waals surface area (Å²) in [6, 6.07) is 19.3. The molecule has 2 aliphatic heterocycles. The molecule has 10 unspecified atom stereocenters. The Kier molecular flexibility index (Phi) is 13.8. The van der Waals surface area contributed by atoms with Gasteiger partial charge in [-0.3, -0.25) is 0 Å². The van der Waals surface area contributed by atoms with Crippen LogP contribution in [0.25, 0.3) is 10.4 Å². The van der Waals surface area contributed by atoms with Crippen molar-refractivity contribution in [3.63, 3.8) is 0 Å². The van der Waals surface area contributed by atoms with Gasteiger partial charge in [-0.05, 0) is 43.3 Å². The normalized spacial score (nSPS) is 32.2. The van der Waals surface area contributed by atoms with Crippen LogP contribution in [0.2, 0.25) is 0 Å². The molecule has 0 aromatic heterocycles. The maximum absolute atomic E-state index is 11.5. The highest BCUT2D eigenvalue weighted by molar-refractivity contribution is 5.14. The Bertz CT molecular complexity index is 1140. The minimum absolute atomic E-state index is 0.230. The van der Waals surface area contributed by atoms with Crippen molar-refractivity contribution in [3.8, 4) is 0 Å². The van der Waals surface area contributed by atoms with E-state index in [0.717, 1.165) is 36.8 Å². The Morgan fingerprint density at radius 3 is 1.89 bits per heavy atom. The predicted molar refractivity (Wildman–Crippen MR) is 160 cm³/mol. The third-order valence-corrected chi connectivity index (χ3v) is 7.89. The third-order valence-electron chi connectivity index (χ3n) is 7.89. The van der Waals surface area contributed by atoms with Crippen molar-refractivity contribution in [2.45, 2.75) is 114 Å². The van der Waals surface area contributed by atoms with E-state index in [4.69, 9.17) is 34.0 Å². The van der Waals surface area contributed by atoms with Crippen LogP contribution < -0.4 is 0 Å². The van der Waals surface area contributed by atoms with Gasteiger partial charge in [-0.15, -0.1) is 0 Å². The maximum atomic E-state index is 11.5. The molecule has 2 aliphatic rings. The van der Waals surface area contributed by atoms with Crippen LogP contribution in [0, 0.1) is 0 Å². The molecule has 0 saturated carbocycles. The Labute approximate surface area is 258 Å². The second-order valence-electron chi connectivity index (χ2n) is 11.3. The highest BCUT2D eigenvalue weighted by Crippen LogP contribution is 2.32. The highest BCUT2D eigenvalue weighted by atomic mass is 16.7. The van der Waals surface area contributed by atoms with Gasteiger partial charge in [0, 0.05) is 18.1 Å². The summed E-state index contributed by atoms with van der Waals surface area (Å²) in [6.07, 6.45) is -6.70. The summed E-state index contributed by atoms with van der Waals surface area (Å²) in [6.45, 7) is 4.79. The number of ether oxygens (including phenoxy) is 6. The van der Waals surface area contributed by atoms with Crippen molar-refractivity contribution in [1.82, 2.24) is 0 Å². The smallest absolute Gasteiger partial charge is 0.187 e. The molecule has 0 spiro atoms. The molecule has 12 nitrogen and oxygen atoms in total. The molecule has 0 aliphatic carbocycles. The second kappa shape index (κ2) is 17.8. The molecule has 0 amide bonds. The Balaban J connectivity index is 1.39. The average Bonchev–Trinajstić information content (AvgIpc) is 3.04. The lowest BCUT2D eigenvalue weighted by molar-refractivity contribution is -0.359. The van der Waals surface area contributed by atoms with E-state index in [1.54, 1.807) is 6.92 Å². The number of benzene rings is 2. The summed E-state index contributed by atoms with van der Waals surface area (Å²) in [4.78, 5) is 2.75. The third kappa shape index (κ3) is 9.69. The first-order valence-corrected chi connectivity index (χ1v) is 15.3. The van der Waals surface area contributed by atoms with Crippen molar-refractivity contribution in [2.75, 3.05) is 13.2 Å². The molecule has 2 heterocycles. The van der Waals surface area contributed by atoms with Gasteiger partial charge < -0.3 is 43.7 Å². The first-order valence-electron chi connectivity index (χ1n) is 15.3. The van der Waals surface area contributed by atoms with Crippen molar-refractivity contribution in [3.05, 3.63) is 82.2 Å². The standard InChI is InChI=1S/C32H45N3O9/c1-21-25(36)29(26(37)31(42-21)39-18-12-4-3-11-17-34-35-33)44-32-27(38)30(41-20-24-15-9-6-10-16-24)28(22(2)43-32)40-19-23-13-7-5-8-14-23/h5-10,13-16,21-22,25-32,36-38H,3-4,11-12,17-20H2,1-2H3. The van der Waals surface area contributed by atoms with E-state index < -0.39 is 61.4 Å². The van der Waals surface area contributed by atoms with Gasteiger partial charge in [0.2, 0.25) is 0 Å². The largest absolute Gasteiger partial charge is 0.388 e. The number of aliphatic hydroxyl groups is 3. The Morgan fingerprint density at radius 1 is 0.682 bits per heavy atom. The minimum atomic E-state index is -1.34. The topological polar surface area (TPSA) is 165 Å². The SMILES string of the molecule is CC1OC(OCCCCCCN=[N+]=[N-])C(O)C(OC2OC(C)C(OCc3ccccc3)C(OCc3ccccc3)C2O)C1O. The lowest BCUT2D eigenvalue weighted by atomic mass is 9.97. The predicted octanol–water partition coefficient (Wildman–Crippen LogP) is 4.00. The summed E-state index contributed by atoms with van der Waals surface area (Å²) < 4.78 is 36.2. The Hall–Kier alpha value is -2.61. The van der Waals surface area contributed by atoms with Crippen LogP contribution in [0.5, 0.6) is 0 Å². The van der Waals surface area contributed by atoms with Gasteiger partial charge in [-0.2, -0.15) is 0 Å². The van der Waals surface area contributed by atoms with E-state index in [1.165, 1.54) is 0 Å². The van der Waals surface area contributed by atoms with E-state index in [2.05, 4.69) is 10.0 Å². The van der Waals surface area contributed by atoms with Crippen LogP contribution in [-0.2, 0) is 41.6 Å². The number of azide groups is 1. The molecule has 44 heavy (non-hydrogen) atoms. The van der Waals surface area contributed by atoms with Crippen molar-refractivity contribution >= 4 is 0 Å². The highest BCUT2D eigenvalue weighted by Gasteiger charge is 2.50. The van der Waals surface area contributed by atoms with Gasteiger partial charge in [0.05, 0.1) is 25.4 Å². The number of nitrogens with zero attached hydrogens (tertiary/aromatic N) is 3. The minimum Gasteiger partial charge on any atom is -0.388 e.